The lowest BCUT2D eigenvalue weighted by molar-refractivity contribution is -0.142. The Labute approximate surface area is 250 Å². The first kappa shape index (κ1) is 28.4. The molecule has 0 unspecified atom stereocenters. The zero-order valence-corrected chi connectivity index (χ0v) is 24.7. The van der Waals surface area contributed by atoms with Gasteiger partial charge >= 0.3 is 5.97 Å². The predicted octanol–water partition coefficient (Wildman–Crippen LogP) is 6.20. The number of carbonyl (C=O) groups is 2. The van der Waals surface area contributed by atoms with E-state index in [1.165, 1.54) is 24.2 Å². The van der Waals surface area contributed by atoms with Crippen molar-refractivity contribution in [2.75, 3.05) is 33.3 Å². The molecular weight excluding hydrogens is 548 g/mol. The summed E-state index contributed by atoms with van der Waals surface area (Å²) in [7, 11) is 1.65. The zero-order chi connectivity index (χ0) is 29.2. The van der Waals surface area contributed by atoms with E-state index in [4.69, 9.17) is 4.74 Å². The highest BCUT2D eigenvalue weighted by Gasteiger charge is 2.30. The largest absolute Gasteiger partial charge is 0.508 e. The molecule has 2 N–H and O–H groups in total. The molecule has 1 aromatic heterocycles. The van der Waals surface area contributed by atoms with E-state index in [2.05, 4.69) is 21.9 Å². The van der Waals surface area contributed by atoms with Crippen LogP contribution in [0.2, 0.25) is 0 Å². The Hall–Kier alpha value is -3.72. The molecule has 2 aliphatic heterocycles. The fourth-order valence-electron chi connectivity index (χ4n) is 6.33. The molecule has 2 aliphatic rings. The Morgan fingerprint density at radius 2 is 1.76 bits per heavy atom. The number of nitrogens with zero attached hydrogens (tertiary/aromatic N) is 2. The molecule has 0 saturated carbocycles. The SMILES string of the molecule is COc1cc(C(=O)c2c(-c3ccc(CCN4CCC[C@H]4C(=O)O)cc3)sc3cc(O)ccc23)ccc1CN1CCCC1. The van der Waals surface area contributed by atoms with Gasteiger partial charge in [0.1, 0.15) is 17.5 Å². The van der Waals surface area contributed by atoms with Crippen LogP contribution in [0, 0.1) is 0 Å². The number of phenols is 1. The monoisotopic (exact) mass is 584 g/mol. The van der Waals surface area contributed by atoms with Crippen LogP contribution >= 0.6 is 11.3 Å². The normalized spacial score (nSPS) is 17.7. The molecule has 42 heavy (non-hydrogen) atoms. The van der Waals surface area contributed by atoms with Gasteiger partial charge in [-0.15, -0.1) is 11.3 Å². The summed E-state index contributed by atoms with van der Waals surface area (Å²) in [5, 5.41) is 20.5. The van der Waals surface area contributed by atoms with Crippen molar-refractivity contribution in [2.45, 2.75) is 44.7 Å². The van der Waals surface area contributed by atoms with Crippen LogP contribution in [0.1, 0.15) is 52.7 Å². The maximum Gasteiger partial charge on any atom is 0.320 e. The van der Waals surface area contributed by atoms with Crippen LogP contribution in [0.5, 0.6) is 11.5 Å². The van der Waals surface area contributed by atoms with E-state index in [0.29, 0.717) is 24.1 Å². The molecule has 6 rings (SSSR count). The van der Waals surface area contributed by atoms with Crippen LogP contribution in [0.25, 0.3) is 20.5 Å². The summed E-state index contributed by atoms with van der Waals surface area (Å²) in [6.07, 6.45) is 4.82. The van der Waals surface area contributed by atoms with E-state index >= 15 is 0 Å². The molecule has 3 heterocycles. The summed E-state index contributed by atoms with van der Waals surface area (Å²) in [6.45, 7) is 4.50. The predicted molar refractivity (Wildman–Crippen MR) is 166 cm³/mol. The van der Waals surface area contributed by atoms with Crippen LogP contribution < -0.4 is 4.74 Å². The standard InChI is InChI=1S/C34H36N2O5S/c1-41-29-19-24(10-11-25(29)21-35-15-2-3-16-35)32(38)31-27-13-12-26(37)20-30(27)42-33(31)23-8-6-22(7-9-23)14-18-36-17-4-5-28(36)34(39)40/h6-13,19-20,28,37H,2-5,14-18,21H2,1H3,(H,39,40)/t28-/m0/s1. The minimum Gasteiger partial charge on any atom is -0.508 e. The van der Waals surface area contributed by atoms with Gasteiger partial charge in [-0.3, -0.25) is 19.4 Å². The number of aromatic hydroxyl groups is 1. The minimum atomic E-state index is -0.741. The fourth-order valence-corrected chi connectivity index (χ4v) is 7.56. The van der Waals surface area contributed by atoms with Crippen molar-refractivity contribution >= 4 is 33.2 Å². The smallest absolute Gasteiger partial charge is 0.320 e. The minimum absolute atomic E-state index is 0.0780. The van der Waals surface area contributed by atoms with Crippen molar-refractivity contribution in [1.82, 2.24) is 9.80 Å². The van der Waals surface area contributed by atoms with Crippen LogP contribution in [0.15, 0.2) is 60.7 Å². The molecular formula is C34H36N2O5S. The number of likely N-dealkylation sites (tertiary alicyclic amines) is 2. The molecule has 1 atom stereocenters. The van der Waals surface area contributed by atoms with Gasteiger partial charge in [-0.1, -0.05) is 36.4 Å². The molecule has 0 radical (unpaired) electrons. The quantitative estimate of drug-likeness (QED) is 0.215. The van der Waals surface area contributed by atoms with Crippen molar-refractivity contribution in [1.29, 1.82) is 0 Å². The van der Waals surface area contributed by atoms with E-state index in [0.717, 1.165) is 76.4 Å². The van der Waals surface area contributed by atoms with E-state index in [1.807, 2.05) is 36.4 Å². The number of aliphatic carboxylic acids is 1. The van der Waals surface area contributed by atoms with Gasteiger partial charge in [-0.2, -0.15) is 0 Å². The van der Waals surface area contributed by atoms with Crippen LogP contribution in [-0.2, 0) is 17.8 Å². The summed E-state index contributed by atoms with van der Waals surface area (Å²) in [4.78, 5) is 31.0. The molecule has 0 bridgehead atoms. The average molecular weight is 585 g/mol. The highest BCUT2D eigenvalue weighted by atomic mass is 32.1. The van der Waals surface area contributed by atoms with E-state index in [1.54, 1.807) is 19.2 Å². The number of thiophene rings is 1. The van der Waals surface area contributed by atoms with Gasteiger partial charge in [0.25, 0.3) is 0 Å². The number of ketones is 1. The lowest BCUT2D eigenvalue weighted by Gasteiger charge is -2.20. The number of phenolic OH excluding ortho intramolecular Hbond substituents is 1. The van der Waals surface area contributed by atoms with Gasteiger partial charge in [0, 0.05) is 44.7 Å². The van der Waals surface area contributed by atoms with Gasteiger partial charge < -0.3 is 14.9 Å². The molecule has 0 spiro atoms. The van der Waals surface area contributed by atoms with E-state index in [-0.39, 0.29) is 17.6 Å². The second-order valence-corrected chi connectivity index (χ2v) is 12.4. The number of fused-ring (bicyclic) bond motifs is 1. The third-order valence-corrected chi connectivity index (χ3v) is 9.80. The van der Waals surface area contributed by atoms with Crippen molar-refractivity contribution in [3.63, 3.8) is 0 Å². The number of rotatable bonds is 10. The third-order valence-electron chi connectivity index (χ3n) is 8.60. The molecule has 218 valence electrons. The average Bonchev–Trinajstić information content (AvgIpc) is 3.76. The van der Waals surface area contributed by atoms with E-state index in [9.17, 15) is 19.8 Å². The Morgan fingerprint density at radius 1 is 0.976 bits per heavy atom. The van der Waals surface area contributed by atoms with Gasteiger partial charge in [0.05, 0.1) is 7.11 Å². The number of ether oxygens (including phenoxy) is 1. The molecule has 2 saturated heterocycles. The van der Waals surface area contributed by atoms with Crippen molar-refractivity contribution in [3.8, 4) is 21.9 Å². The molecule has 4 aromatic rings. The summed E-state index contributed by atoms with van der Waals surface area (Å²) in [6, 6.07) is 18.7. The maximum absolute atomic E-state index is 14.2. The Bertz CT molecular complexity index is 1610. The third kappa shape index (κ3) is 5.79. The van der Waals surface area contributed by atoms with Crippen molar-refractivity contribution < 1.29 is 24.5 Å². The maximum atomic E-state index is 14.2. The molecule has 8 heteroatoms. The summed E-state index contributed by atoms with van der Waals surface area (Å²) < 4.78 is 6.58. The summed E-state index contributed by atoms with van der Waals surface area (Å²) >= 11 is 1.50. The van der Waals surface area contributed by atoms with Crippen LogP contribution in [0.3, 0.4) is 0 Å². The van der Waals surface area contributed by atoms with Crippen molar-refractivity contribution in [2.24, 2.45) is 0 Å². The number of benzene rings is 3. The Morgan fingerprint density at radius 3 is 2.50 bits per heavy atom. The molecule has 2 fully saturated rings. The van der Waals surface area contributed by atoms with Crippen LogP contribution in [0.4, 0.5) is 0 Å². The molecule has 3 aromatic carbocycles. The molecule has 0 aliphatic carbocycles. The second kappa shape index (κ2) is 12.3. The first-order chi connectivity index (χ1) is 20.4. The van der Waals surface area contributed by atoms with Gasteiger partial charge in [0.15, 0.2) is 5.78 Å². The molecule has 0 amide bonds. The lowest BCUT2D eigenvalue weighted by atomic mass is 9.96. The first-order valence-corrected chi connectivity index (χ1v) is 15.5. The number of carboxylic acid groups (broad SMARTS) is 1. The number of hydrogen-bond acceptors (Lipinski definition) is 7. The fraction of sp³-hybridized carbons (Fsp3) is 0.353. The van der Waals surface area contributed by atoms with Crippen molar-refractivity contribution in [3.05, 3.63) is 82.9 Å². The second-order valence-electron chi connectivity index (χ2n) is 11.3. The number of methoxy groups -OCH3 is 1. The topological polar surface area (TPSA) is 90.3 Å². The van der Waals surface area contributed by atoms with Crippen LogP contribution in [-0.4, -0.2) is 71.1 Å². The Balaban J connectivity index is 1.29. The van der Waals surface area contributed by atoms with Gasteiger partial charge in [0.2, 0.25) is 0 Å². The highest BCUT2D eigenvalue weighted by molar-refractivity contribution is 7.22. The lowest BCUT2D eigenvalue weighted by Crippen LogP contribution is -2.37. The van der Waals surface area contributed by atoms with Gasteiger partial charge in [-0.05, 0) is 87.1 Å². The first-order valence-electron chi connectivity index (χ1n) is 14.7. The number of hydrogen-bond donors (Lipinski definition) is 2. The molecule has 7 nitrogen and oxygen atoms in total. The number of carboxylic acids is 1. The van der Waals surface area contributed by atoms with E-state index < -0.39 is 5.97 Å². The zero-order valence-electron chi connectivity index (χ0n) is 23.8. The summed E-state index contributed by atoms with van der Waals surface area (Å²) in [5.41, 5.74) is 4.33. The Kier molecular flexibility index (Phi) is 8.29. The highest BCUT2D eigenvalue weighted by Crippen LogP contribution is 2.41. The van der Waals surface area contributed by atoms with Gasteiger partial charge in [-0.25, -0.2) is 0 Å². The summed E-state index contributed by atoms with van der Waals surface area (Å²) in [5.74, 6) is 0.0682. The number of carbonyl (C=O) groups excluding carboxylic acids is 1.